The summed E-state index contributed by atoms with van der Waals surface area (Å²) in [5, 5.41) is 2.82. The smallest absolute Gasteiger partial charge is 0.258 e. The lowest BCUT2D eigenvalue weighted by Crippen LogP contribution is -2.28. The highest BCUT2D eigenvalue weighted by Crippen LogP contribution is 2.36. The molecule has 0 spiro atoms. The summed E-state index contributed by atoms with van der Waals surface area (Å²) in [5.41, 5.74) is 2.23. The Morgan fingerprint density at radius 2 is 1.70 bits per heavy atom. The highest BCUT2D eigenvalue weighted by molar-refractivity contribution is 5.77. The van der Waals surface area contributed by atoms with Crippen LogP contribution in [-0.4, -0.2) is 26.7 Å². The van der Waals surface area contributed by atoms with Gasteiger partial charge in [-0.15, -0.1) is 0 Å². The molecule has 0 fully saturated rings. The molecule has 5 heteroatoms. The van der Waals surface area contributed by atoms with E-state index >= 15 is 0 Å². The molecule has 0 bridgehead atoms. The second kappa shape index (κ2) is 8.08. The predicted molar refractivity (Wildman–Crippen MR) is 88.1 cm³/mol. The van der Waals surface area contributed by atoms with Crippen molar-refractivity contribution in [3.63, 3.8) is 0 Å². The van der Waals surface area contributed by atoms with E-state index in [9.17, 15) is 4.79 Å². The summed E-state index contributed by atoms with van der Waals surface area (Å²) in [6.07, 6.45) is 0. The molecule has 0 aliphatic carbocycles. The predicted octanol–water partition coefficient (Wildman–Crippen LogP) is 2.71. The third kappa shape index (κ3) is 4.64. The highest BCUT2D eigenvalue weighted by atomic mass is 16.5. The minimum atomic E-state index is -0.199. The van der Waals surface area contributed by atoms with Crippen molar-refractivity contribution in [3.8, 4) is 17.2 Å². The maximum Gasteiger partial charge on any atom is 0.258 e. The van der Waals surface area contributed by atoms with Gasteiger partial charge in [-0.3, -0.25) is 4.79 Å². The maximum atomic E-state index is 11.9. The summed E-state index contributed by atoms with van der Waals surface area (Å²) < 4.78 is 16.0. The quantitative estimate of drug-likeness (QED) is 0.853. The van der Waals surface area contributed by atoms with Crippen molar-refractivity contribution in [1.82, 2.24) is 5.32 Å². The number of hydrogen-bond acceptors (Lipinski definition) is 4. The summed E-state index contributed by atoms with van der Waals surface area (Å²) in [5.74, 6) is 1.30. The van der Waals surface area contributed by atoms with Crippen molar-refractivity contribution in [3.05, 3.63) is 53.6 Å². The van der Waals surface area contributed by atoms with E-state index in [2.05, 4.69) is 5.32 Å². The maximum absolute atomic E-state index is 11.9. The molecule has 2 rings (SSSR count). The lowest BCUT2D eigenvalue weighted by atomic mass is 10.1. The Kier molecular flexibility index (Phi) is 5.86. The zero-order chi connectivity index (χ0) is 16.7. The molecule has 5 nitrogen and oxygen atoms in total. The number of ether oxygens (including phenoxy) is 3. The van der Waals surface area contributed by atoms with E-state index in [0.717, 1.165) is 5.56 Å². The number of carbonyl (C=O) groups is 1. The first kappa shape index (κ1) is 16.7. The van der Waals surface area contributed by atoms with E-state index in [1.54, 1.807) is 25.3 Å². The number of para-hydroxylation sites is 1. The van der Waals surface area contributed by atoms with E-state index in [4.69, 9.17) is 14.2 Å². The Morgan fingerprint density at radius 3 is 2.35 bits per heavy atom. The number of rotatable bonds is 7. The lowest BCUT2D eigenvalue weighted by Gasteiger charge is -2.13. The lowest BCUT2D eigenvalue weighted by molar-refractivity contribution is -0.123. The molecule has 0 aromatic heterocycles. The van der Waals surface area contributed by atoms with Crippen molar-refractivity contribution in [2.45, 2.75) is 13.5 Å². The van der Waals surface area contributed by atoms with Crippen molar-refractivity contribution >= 4 is 5.91 Å². The molecule has 0 radical (unpaired) electrons. The Labute approximate surface area is 136 Å². The van der Waals surface area contributed by atoms with Gasteiger partial charge in [-0.1, -0.05) is 35.9 Å². The Hall–Kier alpha value is -2.69. The van der Waals surface area contributed by atoms with E-state index in [-0.39, 0.29) is 12.5 Å². The fraction of sp³-hybridized carbons (Fsp3) is 0.278. The Balaban J connectivity index is 1.88. The average Bonchev–Trinajstić information content (AvgIpc) is 2.58. The molecule has 1 amide bonds. The molecule has 122 valence electrons. The number of methoxy groups -OCH3 is 2. The molecule has 0 saturated heterocycles. The Bertz CT molecular complexity index is 653. The van der Waals surface area contributed by atoms with Gasteiger partial charge >= 0.3 is 0 Å². The molecule has 2 aromatic carbocycles. The molecule has 0 atom stereocenters. The van der Waals surface area contributed by atoms with E-state index in [1.165, 1.54) is 12.7 Å². The summed E-state index contributed by atoms with van der Waals surface area (Å²) in [4.78, 5) is 11.9. The summed E-state index contributed by atoms with van der Waals surface area (Å²) in [6.45, 7) is 2.41. The molecule has 2 aromatic rings. The third-order valence-electron chi connectivity index (χ3n) is 3.34. The summed E-state index contributed by atoms with van der Waals surface area (Å²) in [6, 6.07) is 13.3. The van der Waals surface area contributed by atoms with Crippen molar-refractivity contribution in [2.75, 3.05) is 20.8 Å². The van der Waals surface area contributed by atoms with Crippen LogP contribution < -0.4 is 19.5 Å². The first-order valence-corrected chi connectivity index (χ1v) is 7.30. The van der Waals surface area contributed by atoms with E-state index in [1.807, 2.05) is 31.2 Å². The summed E-state index contributed by atoms with van der Waals surface area (Å²) in [7, 11) is 3.08. The topological polar surface area (TPSA) is 56.8 Å². The second-order valence-corrected chi connectivity index (χ2v) is 5.04. The number of aryl methyl sites for hydroxylation is 1. The molecule has 0 aliphatic heterocycles. The van der Waals surface area contributed by atoms with Crippen LogP contribution in [0.2, 0.25) is 0 Å². The minimum Gasteiger partial charge on any atom is -0.493 e. The number of carbonyl (C=O) groups excluding carboxylic acids is 1. The van der Waals surface area contributed by atoms with Crippen LogP contribution in [-0.2, 0) is 11.3 Å². The standard InChI is InChI=1S/C18H21NO4/c1-13-7-9-14(10-8-13)11-19-17(20)12-23-16-6-4-5-15(21-2)18(16)22-3/h4-10H,11-12H2,1-3H3,(H,19,20). The van der Waals surface area contributed by atoms with Gasteiger partial charge in [0.15, 0.2) is 18.1 Å². The molecule has 0 saturated carbocycles. The normalized spacial score (nSPS) is 10.0. The fourth-order valence-corrected chi connectivity index (χ4v) is 2.07. The monoisotopic (exact) mass is 315 g/mol. The fourth-order valence-electron chi connectivity index (χ4n) is 2.07. The van der Waals surface area contributed by atoms with Crippen LogP contribution in [0.1, 0.15) is 11.1 Å². The molecule has 0 aliphatic rings. The van der Waals surface area contributed by atoms with Crippen LogP contribution in [0.3, 0.4) is 0 Å². The average molecular weight is 315 g/mol. The van der Waals surface area contributed by atoms with Crippen LogP contribution >= 0.6 is 0 Å². The van der Waals surface area contributed by atoms with Gasteiger partial charge in [-0.2, -0.15) is 0 Å². The molecule has 1 N–H and O–H groups in total. The van der Waals surface area contributed by atoms with Crippen molar-refractivity contribution < 1.29 is 19.0 Å². The van der Waals surface area contributed by atoms with Gasteiger partial charge in [-0.25, -0.2) is 0 Å². The van der Waals surface area contributed by atoms with Gasteiger partial charge in [-0.05, 0) is 24.6 Å². The third-order valence-corrected chi connectivity index (χ3v) is 3.34. The van der Waals surface area contributed by atoms with Crippen molar-refractivity contribution in [2.24, 2.45) is 0 Å². The molecule has 0 unspecified atom stereocenters. The van der Waals surface area contributed by atoms with Gasteiger partial charge in [0, 0.05) is 6.54 Å². The Morgan fingerprint density at radius 1 is 1.00 bits per heavy atom. The number of hydrogen-bond donors (Lipinski definition) is 1. The van der Waals surface area contributed by atoms with Crippen LogP contribution in [0, 0.1) is 6.92 Å². The van der Waals surface area contributed by atoms with Gasteiger partial charge in [0.05, 0.1) is 14.2 Å². The van der Waals surface area contributed by atoms with Crippen molar-refractivity contribution in [1.29, 1.82) is 0 Å². The van der Waals surface area contributed by atoms with Gasteiger partial charge < -0.3 is 19.5 Å². The van der Waals surface area contributed by atoms with Crippen LogP contribution in [0.15, 0.2) is 42.5 Å². The van der Waals surface area contributed by atoms with Gasteiger partial charge in [0.2, 0.25) is 5.75 Å². The molecule has 0 heterocycles. The number of amides is 1. The van der Waals surface area contributed by atoms with E-state index in [0.29, 0.717) is 23.8 Å². The van der Waals surface area contributed by atoms with E-state index < -0.39 is 0 Å². The first-order valence-electron chi connectivity index (χ1n) is 7.30. The van der Waals surface area contributed by atoms with Crippen LogP contribution in [0.4, 0.5) is 0 Å². The molecular formula is C18H21NO4. The molecular weight excluding hydrogens is 294 g/mol. The SMILES string of the molecule is COc1cccc(OCC(=O)NCc2ccc(C)cc2)c1OC. The largest absolute Gasteiger partial charge is 0.493 e. The first-order chi connectivity index (χ1) is 11.1. The zero-order valence-corrected chi connectivity index (χ0v) is 13.6. The molecule has 23 heavy (non-hydrogen) atoms. The number of benzene rings is 2. The van der Waals surface area contributed by atoms with Crippen LogP contribution in [0.25, 0.3) is 0 Å². The minimum absolute atomic E-state index is 0.0879. The number of nitrogens with one attached hydrogen (secondary N) is 1. The van der Waals surface area contributed by atoms with Gasteiger partial charge in [0.25, 0.3) is 5.91 Å². The van der Waals surface area contributed by atoms with Gasteiger partial charge in [0.1, 0.15) is 0 Å². The second-order valence-electron chi connectivity index (χ2n) is 5.04. The summed E-state index contributed by atoms with van der Waals surface area (Å²) >= 11 is 0. The zero-order valence-electron chi connectivity index (χ0n) is 13.6. The van der Waals surface area contributed by atoms with Crippen LogP contribution in [0.5, 0.6) is 17.2 Å². The highest BCUT2D eigenvalue weighted by Gasteiger charge is 2.12.